The van der Waals surface area contributed by atoms with Crippen molar-refractivity contribution in [3.63, 3.8) is 0 Å². The number of nitrogens with zero attached hydrogens (tertiary/aromatic N) is 1. The molecule has 0 saturated heterocycles. The van der Waals surface area contributed by atoms with E-state index in [9.17, 15) is 0 Å². The zero-order valence-corrected chi connectivity index (χ0v) is 10.7. The highest BCUT2D eigenvalue weighted by Crippen LogP contribution is 2.14. The third kappa shape index (κ3) is 4.31. The van der Waals surface area contributed by atoms with Gasteiger partial charge in [-0.15, -0.1) is 0 Å². The van der Waals surface area contributed by atoms with Crippen molar-refractivity contribution in [2.45, 2.75) is 58.5 Å². The molecule has 1 N–H and O–H groups in total. The number of nitrogens with one attached hydrogen (secondary N) is 1. The van der Waals surface area contributed by atoms with Crippen LogP contribution in [0, 0.1) is 0 Å². The van der Waals surface area contributed by atoms with Crippen LogP contribution in [0.3, 0.4) is 0 Å². The molecule has 0 radical (unpaired) electrons. The van der Waals surface area contributed by atoms with Crippen molar-refractivity contribution in [3.05, 3.63) is 30.1 Å². The van der Waals surface area contributed by atoms with Crippen molar-refractivity contribution < 1.29 is 0 Å². The maximum atomic E-state index is 4.16. The van der Waals surface area contributed by atoms with E-state index in [1.165, 1.54) is 31.2 Å². The Kier molecular flexibility index (Phi) is 6.09. The summed E-state index contributed by atoms with van der Waals surface area (Å²) in [5.41, 5.74) is 1.28. The molecule has 0 fully saturated rings. The number of aromatic nitrogens is 1. The third-order valence-corrected chi connectivity index (χ3v) is 3.07. The maximum Gasteiger partial charge on any atom is 0.0315 e. The molecule has 1 heterocycles. The Morgan fingerprint density at radius 3 is 2.75 bits per heavy atom. The molecule has 0 aliphatic carbocycles. The number of pyridine rings is 1. The fourth-order valence-corrected chi connectivity index (χ4v) is 1.94. The van der Waals surface area contributed by atoms with E-state index in [2.05, 4.69) is 37.1 Å². The number of rotatable bonds is 7. The first kappa shape index (κ1) is 13.2. The lowest BCUT2D eigenvalue weighted by Gasteiger charge is -2.22. The summed E-state index contributed by atoms with van der Waals surface area (Å²) >= 11 is 0. The Morgan fingerprint density at radius 2 is 2.19 bits per heavy atom. The highest BCUT2D eigenvalue weighted by molar-refractivity contribution is 5.12. The van der Waals surface area contributed by atoms with E-state index in [0.29, 0.717) is 12.1 Å². The molecule has 0 bridgehead atoms. The van der Waals surface area contributed by atoms with Crippen molar-refractivity contribution in [1.82, 2.24) is 10.3 Å². The van der Waals surface area contributed by atoms with Crippen LogP contribution in [-0.4, -0.2) is 11.0 Å². The summed E-state index contributed by atoms with van der Waals surface area (Å²) in [6.07, 6.45) is 8.84. The molecule has 0 aliphatic rings. The second-order valence-electron chi connectivity index (χ2n) is 4.42. The molecular formula is C14H24N2. The molecule has 0 saturated carbocycles. The molecule has 2 heteroatoms. The number of hydrogen-bond acceptors (Lipinski definition) is 2. The number of hydrogen-bond donors (Lipinski definition) is 1. The SMILES string of the molecule is CCCCC(CC)NC(C)c1cccnc1. The maximum absolute atomic E-state index is 4.16. The van der Waals surface area contributed by atoms with Crippen molar-refractivity contribution in [3.8, 4) is 0 Å². The van der Waals surface area contributed by atoms with Crippen LogP contribution in [0.25, 0.3) is 0 Å². The Balaban J connectivity index is 2.45. The summed E-state index contributed by atoms with van der Waals surface area (Å²) in [7, 11) is 0. The lowest BCUT2D eigenvalue weighted by Crippen LogP contribution is -2.31. The zero-order valence-electron chi connectivity index (χ0n) is 10.7. The van der Waals surface area contributed by atoms with Gasteiger partial charge < -0.3 is 5.32 Å². The van der Waals surface area contributed by atoms with Gasteiger partial charge in [0.2, 0.25) is 0 Å². The van der Waals surface area contributed by atoms with Gasteiger partial charge in [0.1, 0.15) is 0 Å². The largest absolute Gasteiger partial charge is 0.307 e. The second-order valence-corrected chi connectivity index (χ2v) is 4.42. The molecule has 2 unspecified atom stereocenters. The van der Waals surface area contributed by atoms with Crippen LogP contribution in [0.2, 0.25) is 0 Å². The number of unbranched alkanes of at least 4 members (excludes halogenated alkanes) is 1. The lowest BCUT2D eigenvalue weighted by molar-refractivity contribution is 0.409. The molecule has 2 atom stereocenters. The minimum Gasteiger partial charge on any atom is -0.307 e. The third-order valence-electron chi connectivity index (χ3n) is 3.07. The van der Waals surface area contributed by atoms with Crippen LogP contribution >= 0.6 is 0 Å². The van der Waals surface area contributed by atoms with E-state index in [-0.39, 0.29) is 0 Å². The van der Waals surface area contributed by atoms with Gasteiger partial charge in [-0.2, -0.15) is 0 Å². The van der Waals surface area contributed by atoms with E-state index >= 15 is 0 Å². The van der Waals surface area contributed by atoms with Gasteiger partial charge in [0, 0.05) is 24.5 Å². The molecule has 2 nitrogen and oxygen atoms in total. The molecule has 0 spiro atoms. The first-order chi connectivity index (χ1) is 7.77. The van der Waals surface area contributed by atoms with Crippen molar-refractivity contribution in [1.29, 1.82) is 0 Å². The monoisotopic (exact) mass is 220 g/mol. The molecule has 1 aromatic rings. The van der Waals surface area contributed by atoms with Gasteiger partial charge in [-0.05, 0) is 31.4 Å². The van der Waals surface area contributed by atoms with Crippen molar-refractivity contribution >= 4 is 0 Å². The summed E-state index contributed by atoms with van der Waals surface area (Å²) < 4.78 is 0. The van der Waals surface area contributed by atoms with E-state index in [1.54, 1.807) is 0 Å². The van der Waals surface area contributed by atoms with Crippen molar-refractivity contribution in [2.75, 3.05) is 0 Å². The summed E-state index contributed by atoms with van der Waals surface area (Å²) in [6, 6.07) is 5.17. The van der Waals surface area contributed by atoms with E-state index in [0.717, 1.165) is 0 Å². The minimum absolute atomic E-state index is 0.399. The molecule has 0 amide bonds. The molecule has 90 valence electrons. The Labute approximate surface area is 99.5 Å². The van der Waals surface area contributed by atoms with Crippen LogP contribution in [0.4, 0.5) is 0 Å². The van der Waals surface area contributed by atoms with Gasteiger partial charge in [-0.25, -0.2) is 0 Å². The summed E-state index contributed by atoms with van der Waals surface area (Å²) in [5, 5.41) is 3.68. The van der Waals surface area contributed by atoms with Gasteiger partial charge in [-0.1, -0.05) is 32.8 Å². The van der Waals surface area contributed by atoms with Crippen molar-refractivity contribution in [2.24, 2.45) is 0 Å². The fourth-order valence-electron chi connectivity index (χ4n) is 1.94. The van der Waals surface area contributed by atoms with E-state index in [4.69, 9.17) is 0 Å². The van der Waals surface area contributed by atoms with Crippen LogP contribution in [0.5, 0.6) is 0 Å². The Bertz CT molecular complexity index is 271. The molecule has 1 rings (SSSR count). The molecule has 16 heavy (non-hydrogen) atoms. The van der Waals surface area contributed by atoms with Gasteiger partial charge in [0.05, 0.1) is 0 Å². The molecular weight excluding hydrogens is 196 g/mol. The van der Waals surface area contributed by atoms with E-state index < -0.39 is 0 Å². The Hall–Kier alpha value is -0.890. The smallest absolute Gasteiger partial charge is 0.0315 e. The highest BCUT2D eigenvalue weighted by Gasteiger charge is 2.11. The van der Waals surface area contributed by atoms with Gasteiger partial charge in [0.25, 0.3) is 0 Å². The standard InChI is InChI=1S/C14H24N2/c1-4-6-9-14(5-2)16-12(3)13-8-7-10-15-11-13/h7-8,10-12,14,16H,4-6,9H2,1-3H3. The topological polar surface area (TPSA) is 24.9 Å². The predicted octanol–water partition coefficient (Wildman–Crippen LogP) is 3.70. The van der Waals surface area contributed by atoms with Crippen LogP contribution in [-0.2, 0) is 0 Å². The lowest BCUT2D eigenvalue weighted by atomic mass is 10.0. The zero-order chi connectivity index (χ0) is 11.8. The fraction of sp³-hybridized carbons (Fsp3) is 0.643. The predicted molar refractivity (Wildman–Crippen MR) is 69.4 cm³/mol. The quantitative estimate of drug-likeness (QED) is 0.758. The van der Waals surface area contributed by atoms with Gasteiger partial charge in [-0.3, -0.25) is 4.98 Å². The van der Waals surface area contributed by atoms with Crippen LogP contribution in [0.1, 0.15) is 58.1 Å². The average molecular weight is 220 g/mol. The first-order valence-corrected chi connectivity index (χ1v) is 6.43. The molecule has 0 aromatic carbocycles. The summed E-state index contributed by atoms with van der Waals surface area (Å²) in [4.78, 5) is 4.16. The Morgan fingerprint density at radius 1 is 1.38 bits per heavy atom. The minimum atomic E-state index is 0.399. The van der Waals surface area contributed by atoms with Crippen LogP contribution in [0.15, 0.2) is 24.5 Å². The van der Waals surface area contributed by atoms with Gasteiger partial charge >= 0.3 is 0 Å². The highest BCUT2D eigenvalue weighted by atomic mass is 14.9. The second kappa shape index (κ2) is 7.39. The average Bonchev–Trinajstić information content (AvgIpc) is 2.35. The van der Waals surface area contributed by atoms with Gasteiger partial charge in [0.15, 0.2) is 0 Å². The molecule has 1 aromatic heterocycles. The normalized spacial score (nSPS) is 14.7. The first-order valence-electron chi connectivity index (χ1n) is 6.43. The summed E-state index contributed by atoms with van der Waals surface area (Å²) in [6.45, 7) is 6.71. The molecule has 0 aliphatic heterocycles. The van der Waals surface area contributed by atoms with E-state index in [1.807, 2.05) is 18.5 Å². The van der Waals surface area contributed by atoms with Crippen LogP contribution < -0.4 is 5.32 Å². The summed E-state index contributed by atoms with van der Waals surface area (Å²) in [5.74, 6) is 0.